The van der Waals surface area contributed by atoms with Crippen molar-refractivity contribution >= 4 is 39.1 Å². The highest BCUT2D eigenvalue weighted by Gasteiger charge is 2.34. The number of amides is 2. The third-order valence-corrected chi connectivity index (χ3v) is 8.89. The van der Waals surface area contributed by atoms with Crippen LogP contribution in [0.4, 0.5) is 5.69 Å². The second-order valence-electron chi connectivity index (χ2n) is 10.8. The molecule has 3 aromatic rings. The Morgan fingerprint density at radius 2 is 1.59 bits per heavy atom. The van der Waals surface area contributed by atoms with E-state index >= 15 is 0 Å². The summed E-state index contributed by atoms with van der Waals surface area (Å²) in [6, 6.07) is 23.0. The molecule has 7 nitrogen and oxygen atoms in total. The van der Waals surface area contributed by atoms with Crippen LogP contribution >= 0.6 is 11.6 Å². The van der Waals surface area contributed by atoms with E-state index in [1.165, 1.54) is 4.90 Å². The maximum absolute atomic E-state index is 14.2. The zero-order valence-corrected chi connectivity index (χ0v) is 25.2. The van der Waals surface area contributed by atoms with Gasteiger partial charge in [-0.3, -0.25) is 13.9 Å². The molecule has 2 amide bonds. The molecule has 218 valence electrons. The van der Waals surface area contributed by atoms with Crippen molar-refractivity contribution in [2.45, 2.75) is 64.1 Å². The summed E-state index contributed by atoms with van der Waals surface area (Å²) < 4.78 is 27.0. The lowest BCUT2D eigenvalue weighted by molar-refractivity contribution is -0.140. The molecule has 1 aliphatic rings. The molecule has 0 saturated heterocycles. The summed E-state index contributed by atoms with van der Waals surface area (Å²) in [5.74, 6) is -0.712. The maximum atomic E-state index is 14.2. The van der Waals surface area contributed by atoms with Gasteiger partial charge in [0, 0.05) is 24.0 Å². The maximum Gasteiger partial charge on any atom is 0.244 e. The summed E-state index contributed by atoms with van der Waals surface area (Å²) in [7, 11) is -3.81. The summed E-state index contributed by atoms with van der Waals surface area (Å²) in [5.41, 5.74) is 2.80. The molecule has 1 aliphatic carbocycles. The van der Waals surface area contributed by atoms with Crippen LogP contribution in [0.1, 0.15) is 48.8 Å². The average molecular weight is 596 g/mol. The molecule has 1 atom stereocenters. The summed E-state index contributed by atoms with van der Waals surface area (Å²) >= 11 is 6.28. The van der Waals surface area contributed by atoms with Gasteiger partial charge in [0.1, 0.15) is 12.6 Å². The minimum Gasteiger partial charge on any atom is -0.352 e. The fourth-order valence-corrected chi connectivity index (χ4v) is 6.49. The molecule has 9 heteroatoms. The van der Waals surface area contributed by atoms with Crippen LogP contribution < -0.4 is 9.62 Å². The molecular weight excluding hydrogens is 558 g/mol. The van der Waals surface area contributed by atoms with Gasteiger partial charge < -0.3 is 10.2 Å². The number of halogens is 1. The lowest BCUT2D eigenvalue weighted by Crippen LogP contribution is -2.55. The summed E-state index contributed by atoms with van der Waals surface area (Å²) in [6.45, 7) is 1.46. The van der Waals surface area contributed by atoms with Gasteiger partial charge in [-0.2, -0.15) is 0 Å². The third kappa shape index (κ3) is 8.57. The Morgan fingerprint density at radius 1 is 0.927 bits per heavy atom. The van der Waals surface area contributed by atoms with Crippen LogP contribution in [-0.4, -0.2) is 50.0 Å². The molecule has 4 rings (SSSR count). The van der Waals surface area contributed by atoms with Crippen LogP contribution in [0.3, 0.4) is 0 Å². The Balaban J connectivity index is 1.73. The van der Waals surface area contributed by atoms with E-state index in [4.69, 9.17) is 11.6 Å². The van der Waals surface area contributed by atoms with E-state index < -0.39 is 28.5 Å². The van der Waals surface area contributed by atoms with Crippen molar-refractivity contribution in [1.82, 2.24) is 10.2 Å². The highest BCUT2D eigenvalue weighted by Crippen LogP contribution is 2.24. The second kappa shape index (κ2) is 14.0. The van der Waals surface area contributed by atoms with Crippen molar-refractivity contribution in [1.29, 1.82) is 0 Å². The molecule has 1 fully saturated rings. The van der Waals surface area contributed by atoms with Crippen LogP contribution in [0, 0.1) is 6.92 Å². The molecule has 41 heavy (non-hydrogen) atoms. The van der Waals surface area contributed by atoms with Crippen LogP contribution in [0.25, 0.3) is 0 Å². The van der Waals surface area contributed by atoms with Gasteiger partial charge in [-0.05, 0) is 54.7 Å². The molecule has 0 aliphatic heterocycles. The minimum absolute atomic E-state index is 0.0529. The van der Waals surface area contributed by atoms with Crippen molar-refractivity contribution < 1.29 is 18.0 Å². The number of aryl methyl sites for hydroxylation is 1. The van der Waals surface area contributed by atoms with Crippen LogP contribution in [-0.2, 0) is 32.6 Å². The fourth-order valence-electron chi connectivity index (χ4n) is 5.37. The summed E-state index contributed by atoms with van der Waals surface area (Å²) in [4.78, 5) is 29.7. The third-order valence-electron chi connectivity index (χ3n) is 7.53. The Labute approximate surface area is 248 Å². The largest absolute Gasteiger partial charge is 0.352 e. The fraction of sp³-hybridized carbons (Fsp3) is 0.375. The van der Waals surface area contributed by atoms with Gasteiger partial charge in [0.15, 0.2) is 0 Å². The number of hydrogen-bond acceptors (Lipinski definition) is 4. The first-order valence-electron chi connectivity index (χ1n) is 14.0. The van der Waals surface area contributed by atoms with E-state index in [-0.39, 0.29) is 24.9 Å². The van der Waals surface area contributed by atoms with Gasteiger partial charge in [0.05, 0.1) is 11.9 Å². The number of anilines is 1. The minimum atomic E-state index is -3.81. The van der Waals surface area contributed by atoms with Gasteiger partial charge >= 0.3 is 0 Å². The number of para-hydroxylation sites is 1. The highest BCUT2D eigenvalue weighted by atomic mass is 35.5. The van der Waals surface area contributed by atoms with Crippen LogP contribution in [0.2, 0.25) is 5.02 Å². The lowest BCUT2D eigenvalue weighted by Gasteiger charge is -2.35. The van der Waals surface area contributed by atoms with E-state index in [9.17, 15) is 18.0 Å². The predicted molar refractivity (Wildman–Crippen MR) is 164 cm³/mol. The van der Waals surface area contributed by atoms with Gasteiger partial charge in [-0.15, -0.1) is 0 Å². The second-order valence-corrected chi connectivity index (χ2v) is 13.1. The van der Waals surface area contributed by atoms with E-state index in [1.807, 2.05) is 42.5 Å². The number of nitrogens with zero attached hydrogens (tertiary/aromatic N) is 2. The first kappa shape index (κ1) is 30.6. The van der Waals surface area contributed by atoms with Crippen molar-refractivity contribution in [2.24, 2.45) is 0 Å². The molecule has 0 radical (unpaired) electrons. The first-order valence-corrected chi connectivity index (χ1v) is 16.3. The molecular formula is C32H38ClN3O4S. The van der Waals surface area contributed by atoms with Gasteiger partial charge in [0.2, 0.25) is 21.8 Å². The number of nitrogens with one attached hydrogen (secondary N) is 1. The Kier molecular flexibility index (Phi) is 10.5. The number of benzene rings is 3. The monoisotopic (exact) mass is 595 g/mol. The predicted octanol–water partition coefficient (Wildman–Crippen LogP) is 5.50. The standard InChI is InChI=1S/C32H38ClN3O4S/c1-24-12-9-10-19-29(24)36(41(2,39)40)23-31(37)35(22-26-15-11-16-27(33)20-26)30(21-25-13-5-3-6-14-25)32(38)34-28-17-7-4-8-18-28/h3,5-6,9-16,19-20,28,30H,4,7-8,17-18,21-23H2,1-2H3,(H,34,38)/t30-/m0/s1. The number of hydrogen-bond donors (Lipinski definition) is 1. The Morgan fingerprint density at radius 3 is 2.24 bits per heavy atom. The van der Waals surface area contributed by atoms with E-state index in [0.29, 0.717) is 10.7 Å². The van der Waals surface area contributed by atoms with E-state index in [1.54, 1.807) is 43.3 Å². The van der Waals surface area contributed by atoms with Crippen LogP contribution in [0.5, 0.6) is 0 Å². The molecule has 1 saturated carbocycles. The van der Waals surface area contributed by atoms with Gasteiger partial charge in [-0.25, -0.2) is 8.42 Å². The quantitative estimate of drug-likeness (QED) is 0.317. The Hall–Kier alpha value is -3.36. The number of carbonyl (C=O) groups excluding carboxylic acids is 2. The lowest BCUT2D eigenvalue weighted by atomic mass is 9.94. The van der Waals surface area contributed by atoms with E-state index in [0.717, 1.165) is 59.4 Å². The molecule has 0 bridgehead atoms. The SMILES string of the molecule is Cc1ccccc1N(CC(=O)N(Cc1cccc(Cl)c1)[C@@H](Cc1ccccc1)C(=O)NC1CCCCC1)S(C)(=O)=O. The smallest absolute Gasteiger partial charge is 0.244 e. The first-order chi connectivity index (χ1) is 19.6. The molecule has 3 aromatic carbocycles. The van der Waals surface area contributed by atoms with Crippen molar-refractivity contribution in [3.05, 3.63) is 101 Å². The molecule has 0 spiro atoms. The Bertz CT molecular complexity index is 1440. The number of rotatable bonds is 11. The molecule has 0 heterocycles. The number of sulfonamides is 1. The molecule has 0 aromatic heterocycles. The molecule has 0 unspecified atom stereocenters. The zero-order valence-electron chi connectivity index (χ0n) is 23.6. The topological polar surface area (TPSA) is 86.8 Å². The van der Waals surface area contributed by atoms with E-state index in [2.05, 4.69) is 5.32 Å². The van der Waals surface area contributed by atoms with Crippen LogP contribution in [0.15, 0.2) is 78.9 Å². The van der Waals surface area contributed by atoms with Gasteiger partial charge in [-0.1, -0.05) is 91.5 Å². The van der Waals surface area contributed by atoms with Crippen molar-refractivity contribution in [3.8, 4) is 0 Å². The summed E-state index contributed by atoms with van der Waals surface area (Å²) in [5, 5.41) is 3.72. The summed E-state index contributed by atoms with van der Waals surface area (Å²) in [6.07, 6.45) is 6.44. The number of carbonyl (C=O) groups is 2. The van der Waals surface area contributed by atoms with Gasteiger partial charge in [0.25, 0.3) is 0 Å². The highest BCUT2D eigenvalue weighted by molar-refractivity contribution is 7.92. The average Bonchev–Trinajstić information content (AvgIpc) is 2.94. The molecule has 1 N–H and O–H groups in total. The van der Waals surface area contributed by atoms with Crippen molar-refractivity contribution in [3.63, 3.8) is 0 Å². The normalized spacial score (nSPS) is 14.7. The van der Waals surface area contributed by atoms with Crippen molar-refractivity contribution in [2.75, 3.05) is 17.1 Å². The zero-order chi connectivity index (χ0) is 29.4.